The van der Waals surface area contributed by atoms with Crippen LogP contribution in [0.1, 0.15) is 10.4 Å². The molecule has 0 aliphatic heterocycles. The van der Waals surface area contributed by atoms with Gasteiger partial charge in [-0.1, -0.05) is 18.2 Å². The third-order valence-corrected chi connectivity index (χ3v) is 3.69. The second-order valence-corrected chi connectivity index (χ2v) is 6.17. The van der Waals surface area contributed by atoms with E-state index in [2.05, 4.69) is 0 Å². The summed E-state index contributed by atoms with van der Waals surface area (Å²) in [7, 11) is -3.34. The topological polar surface area (TPSA) is 80.7 Å². The number of carbonyl (C=O) groups is 1. The molecule has 0 amide bonds. The fourth-order valence-corrected chi connectivity index (χ4v) is 2.28. The van der Waals surface area contributed by atoms with Gasteiger partial charge in [0.15, 0.2) is 9.84 Å². The maximum atomic E-state index is 11.5. The SMILES string of the molecule is CS(=O)(=O)c1cccc(Oc2ccccc2C(=O)O)c1. The highest BCUT2D eigenvalue weighted by Gasteiger charge is 2.12. The lowest BCUT2D eigenvalue weighted by molar-refractivity contribution is 0.0694. The molecule has 0 saturated carbocycles. The third kappa shape index (κ3) is 3.16. The highest BCUT2D eigenvalue weighted by Crippen LogP contribution is 2.26. The molecule has 0 bridgehead atoms. The van der Waals surface area contributed by atoms with Crippen LogP contribution >= 0.6 is 0 Å². The van der Waals surface area contributed by atoms with Crippen LogP contribution in [0, 0.1) is 0 Å². The fraction of sp³-hybridized carbons (Fsp3) is 0.0714. The lowest BCUT2D eigenvalue weighted by atomic mass is 10.2. The van der Waals surface area contributed by atoms with Crippen LogP contribution in [0.2, 0.25) is 0 Å². The molecule has 0 radical (unpaired) electrons. The molecule has 0 saturated heterocycles. The van der Waals surface area contributed by atoms with Crippen LogP contribution in [0.15, 0.2) is 53.4 Å². The average molecular weight is 292 g/mol. The van der Waals surface area contributed by atoms with Gasteiger partial charge in [-0.15, -0.1) is 0 Å². The predicted molar refractivity (Wildman–Crippen MR) is 73.0 cm³/mol. The molecule has 0 aromatic heterocycles. The van der Waals surface area contributed by atoms with Crippen molar-refractivity contribution in [3.8, 4) is 11.5 Å². The van der Waals surface area contributed by atoms with Gasteiger partial charge in [-0.3, -0.25) is 0 Å². The zero-order valence-corrected chi connectivity index (χ0v) is 11.4. The van der Waals surface area contributed by atoms with Crippen molar-refractivity contribution in [2.75, 3.05) is 6.26 Å². The zero-order valence-electron chi connectivity index (χ0n) is 10.6. The van der Waals surface area contributed by atoms with Gasteiger partial charge in [0, 0.05) is 6.26 Å². The van der Waals surface area contributed by atoms with E-state index in [1.54, 1.807) is 18.2 Å². The van der Waals surface area contributed by atoms with Gasteiger partial charge in [0.05, 0.1) is 4.90 Å². The average Bonchev–Trinajstić information content (AvgIpc) is 2.38. The first kappa shape index (κ1) is 14.1. The number of sulfone groups is 1. The van der Waals surface area contributed by atoms with E-state index in [0.717, 1.165) is 6.26 Å². The lowest BCUT2D eigenvalue weighted by Gasteiger charge is -2.09. The summed E-state index contributed by atoms with van der Waals surface area (Å²) in [5.41, 5.74) is 0.0114. The maximum Gasteiger partial charge on any atom is 0.339 e. The number of hydrogen-bond donors (Lipinski definition) is 1. The number of para-hydroxylation sites is 1. The van der Waals surface area contributed by atoms with E-state index in [0.29, 0.717) is 0 Å². The van der Waals surface area contributed by atoms with E-state index in [-0.39, 0.29) is 22.0 Å². The van der Waals surface area contributed by atoms with Crippen LogP contribution in [0.5, 0.6) is 11.5 Å². The molecule has 0 fully saturated rings. The second-order valence-electron chi connectivity index (χ2n) is 4.15. The van der Waals surface area contributed by atoms with E-state index in [4.69, 9.17) is 9.84 Å². The van der Waals surface area contributed by atoms with Crippen LogP contribution < -0.4 is 4.74 Å². The quantitative estimate of drug-likeness (QED) is 0.936. The summed E-state index contributed by atoms with van der Waals surface area (Å²) in [6, 6.07) is 12.1. The van der Waals surface area contributed by atoms with Gasteiger partial charge in [0.1, 0.15) is 17.1 Å². The molecule has 0 atom stereocenters. The van der Waals surface area contributed by atoms with Gasteiger partial charge < -0.3 is 9.84 Å². The minimum Gasteiger partial charge on any atom is -0.478 e. The van der Waals surface area contributed by atoms with Gasteiger partial charge in [-0.05, 0) is 30.3 Å². The predicted octanol–water partition coefficient (Wildman–Crippen LogP) is 2.58. The maximum absolute atomic E-state index is 11.5. The Bertz CT molecular complexity index is 750. The van der Waals surface area contributed by atoms with Gasteiger partial charge >= 0.3 is 5.97 Å². The molecule has 2 aromatic carbocycles. The van der Waals surface area contributed by atoms with Crippen molar-refractivity contribution in [2.45, 2.75) is 4.90 Å². The number of ether oxygens (including phenoxy) is 1. The third-order valence-electron chi connectivity index (χ3n) is 2.58. The first-order chi connectivity index (χ1) is 9.38. The van der Waals surface area contributed by atoms with Crippen molar-refractivity contribution in [1.29, 1.82) is 0 Å². The summed E-state index contributed by atoms with van der Waals surface area (Å²) in [6.45, 7) is 0. The largest absolute Gasteiger partial charge is 0.478 e. The summed E-state index contributed by atoms with van der Waals surface area (Å²) in [5.74, 6) is -0.688. The smallest absolute Gasteiger partial charge is 0.339 e. The highest BCUT2D eigenvalue weighted by molar-refractivity contribution is 7.90. The molecule has 2 aromatic rings. The van der Waals surface area contributed by atoms with Crippen LogP contribution in [0.25, 0.3) is 0 Å². The molecule has 5 nitrogen and oxygen atoms in total. The Hall–Kier alpha value is -2.34. The molecule has 20 heavy (non-hydrogen) atoms. The molecule has 104 valence electrons. The Morgan fingerprint density at radius 3 is 2.45 bits per heavy atom. The molecule has 2 rings (SSSR count). The standard InChI is InChI=1S/C14H12O5S/c1-20(17,18)11-6-4-5-10(9-11)19-13-8-3-2-7-12(13)14(15)16/h2-9H,1H3,(H,15,16). The molecule has 0 spiro atoms. The van der Waals surface area contributed by atoms with Crippen molar-refractivity contribution in [3.63, 3.8) is 0 Å². The molecule has 0 unspecified atom stereocenters. The van der Waals surface area contributed by atoms with Crippen LogP contribution in [-0.4, -0.2) is 25.7 Å². The van der Waals surface area contributed by atoms with Crippen LogP contribution in [0.4, 0.5) is 0 Å². The van der Waals surface area contributed by atoms with E-state index in [9.17, 15) is 13.2 Å². The van der Waals surface area contributed by atoms with Crippen molar-refractivity contribution in [1.82, 2.24) is 0 Å². The Morgan fingerprint density at radius 1 is 1.10 bits per heavy atom. The highest BCUT2D eigenvalue weighted by atomic mass is 32.2. The number of carboxylic acid groups (broad SMARTS) is 1. The molecule has 0 aliphatic rings. The lowest BCUT2D eigenvalue weighted by Crippen LogP contribution is -2.00. The summed E-state index contributed by atoms with van der Waals surface area (Å²) in [6.07, 6.45) is 1.09. The minimum absolute atomic E-state index is 0.0114. The van der Waals surface area contributed by atoms with E-state index >= 15 is 0 Å². The van der Waals surface area contributed by atoms with E-state index in [1.165, 1.54) is 30.3 Å². The van der Waals surface area contributed by atoms with Crippen molar-refractivity contribution in [3.05, 3.63) is 54.1 Å². The fourth-order valence-electron chi connectivity index (χ4n) is 1.63. The number of rotatable bonds is 4. The number of carboxylic acids is 1. The Morgan fingerprint density at radius 2 is 1.80 bits per heavy atom. The Labute approximate surface area is 116 Å². The summed E-state index contributed by atoms with van der Waals surface area (Å²) >= 11 is 0. The summed E-state index contributed by atoms with van der Waals surface area (Å²) < 4.78 is 28.4. The Kier molecular flexibility index (Phi) is 3.76. The molecule has 6 heteroatoms. The van der Waals surface area contributed by atoms with Crippen molar-refractivity contribution in [2.24, 2.45) is 0 Å². The van der Waals surface area contributed by atoms with Gasteiger partial charge in [-0.25, -0.2) is 13.2 Å². The first-order valence-electron chi connectivity index (χ1n) is 5.68. The van der Waals surface area contributed by atoms with E-state index < -0.39 is 15.8 Å². The number of hydrogen-bond acceptors (Lipinski definition) is 4. The summed E-state index contributed by atoms with van der Waals surface area (Å²) in [4.78, 5) is 11.2. The van der Waals surface area contributed by atoms with Crippen LogP contribution in [-0.2, 0) is 9.84 Å². The first-order valence-corrected chi connectivity index (χ1v) is 7.57. The second kappa shape index (κ2) is 5.34. The monoisotopic (exact) mass is 292 g/mol. The molecule has 0 heterocycles. The molecule has 0 aliphatic carbocycles. The Balaban J connectivity index is 2.39. The van der Waals surface area contributed by atoms with E-state index in [1.807, 2.05) is 0 Å². The van der Waals surface area contributed by atoms with Crippen molar-refractivity contribution < 1.29 is 23.1 Å². The summed E-state index contributed by atoms with van der Waals surface area (Å²) in [5, 5.41) is 9.05. The van der Waals surface area contributed by atoms with Crippen molar-refractivity contribution >= 4 is 15.8 Å². The zero-order chi connectivity index (χ0) is 14.8. The number of benzene rings is 2. The molecular weight excluding hydrogens is 280 g/mol. The van der Waals surface area contributed by atoms with Crippen LogP contribution in [0.3, 0.4) is 0 Å². The molecular formula is C14H12O5S. The minimum atomic E-state index is -3.34. The van der Waals surface area contributed by atoms with Gasteiger partial charge in [0.2, 0.25) is 0 Å². The van der Waals surface area contributed by atoms with Gasteiger partial charge in [-0.2, -0.15) is 0 Å². The normalized spacial score (nSPS) is 11.1. The number of aromatic carboxylic acids is 1. The van der Waals surface area contributed by atoms with Gasteiger partial charge in [0.25, 0.3) is 0 Å². The molecule has 1 N–H and O–H groups in total.